The third kappa shape index (κ3) is 3.28. The molecule has 0 amide bonds. The molecule has 2 aromatic heterocycles. The van der Waals surface area contributed by atoms with Gasteiger partial charge in [0.05, 0.1) is 10.4 Å². The van der Waals surface area contributed by atoms with Gasteiger partial charge in [-0.15, -0.1) is 22.7 Å². The zero-order chi connectivity index (χ0) is 14.8. The van der Waals surface area contributed by atoms with Gasteiger partial charge in [0, 0.05) is 15.4 Å². The number of benzene rings is 1. The van der Waals surface area contributed by atoms with Crippen LogP contribution >= 0.6 is 34.3 Å². The van der Waals surface area contributed by atoms with Gasteiger partial charge in [0.2, 0.25) is 0 Å². The van der Waals surface area contributed by atoms with E-state index in [1.54, 1.807) is 35.7 Å². The molecule has 0 aliphatic rings. The molecular weight excluding hydrogens is 325 g/mol. The van der Waals surface area contributed by atoms with Crippen LogP contribution in [-0.4, -0.2) is 0 Å². The third-order valence-corrected chi connectivity index (χ3v) is 5.41. The standard InChI is InChI=1S/C16H13ClFNS2/c1-10-9-11(4-5-12(10)18)19-16(13-3-2-8-20-13)14-6-7-15(17)21-14/h2-9,16,19H,1H3. The van der Waals surface area contributed by atoms with E-state index in [2.05, 4.69) is 16.8 Å². The molecule has 108 valence electrons. The molecular formula is C16H13ClFNS2. The molecule has 0 radical (unpaired) electrons. The Labute approximate surface area is 136 Å². The minimum atomic E-state index is -0.188. The average Bonchev–Trinajstić information content (AvgIpc) is 3.11. The van der Waals surface area contributed by atoms with Crippen LogP contribution in [0.4, 0.5) is 10.1 Å². The first kappa shape index (κ1) is 14.6. The molecule has 1 N–H and O–H groups in total. The predicted molar refractivity (Wildman–Crippen MR) is 90.3 cm³/mol. The van der Waals surface area contributed by atoms with Crippen LogP contribution in [0.1, 0.15) is 21.4 Å². The molecule has 0 aliphatic carbocycles. The summed E-state index contributed by atoms with van der Waals surface area (Å²) >= 11 is 9.30. The Morgan fingerprint density at radius 3 is 2.62 bits per heavy atom. The molecule has 5 heteroatoms. The fraction of sp³-hybridized carbons (Fsp3) is 0.125. The van der Waals surface area contributed by atoms with Crippen molar-refractivity contribution in [3.8, 4) is 0 Å². The van der Waals surface area contributed by atoms with Gasteiger partial charge in [0.1, 0.15) is 5.82 Å². The van der Waals surface area contributed by atoms with Crippen LogP contribution in [0.5, 0.6) is 0 Å². The second kappa shape index (κ2) is 6.18. The summed E-state index contributed by atoms with van der Waals surface area (Å²) in [6, 6.07) is 13.2. The lowest BCUT2D eigenvalue weighted by atomic mass is 10.1. The normalized spacial score (nSPS) is 12.3. The minimum Gasteiger partial charge on any atom is -0.373 e. The fourth-order valence-electron chi connectivity index (χ4n) is 2.12. The van der Waals surface area contributed by atoms with Crippen LogP contribution < -0.4 is 5.32 Å². The molecule has 0 saturated heterocycles. The second-order valence-electron chi connectivity index (χ2n) is 4.70. The van der Waals surface area contributed by atoms with E-state index in [-0.39, 0.29) is 11.9 Å². The lowest BCUT2D eigenvalue weighted by Crippen LogP contribution is -2.09. The maximum atomic E-state index is 13.4. The number of aryl methyl sites for hydroxylation is 1. The minimum absolute atomic E-state index is 0.0346. The number of halogens is 2. The molecule has 1 nitrogen and oxygen atoms in total. The topological polar surface area (TPSA) is 12.0 Å². The summed E-state index contributed by atoms with van der Waals surface area (Å²) in [6.07, 6.45) is 0. The van der Waals surface area contributed by atoms with Crippen LogP contribution in [0.3, 0.4) is 0 Å². The van der Waals surface area contributed by atoms with E-state index in [9.17, 15) is 4.39 Å². The van der Waals surface area contributed by atoms with E-state index in [1.807, 2.05) is 24.3 Å². The number of hydrogen-bond donors (Lipinski definition) is 1. The summed E-state index contributed by atoms with van der Waals surface area (Å²) in [5, 5.41) is 5.53. The number of anilines is 1. The monoisotopic (exact) mass is 337 g/mol. The molecule has 0 fully saturated rings. The van der Waals surface area contributed by atoms with Crippen molar-refractivity contribution < 1.29 is 4.39 Å². The summed E-state index contributed by atoms with van der Waals surface area (Å²) in [6.45, 7) is 1.77. The molecule has 0 bridgehead atoms. The Morgan fingerprint density at radius 2 is 2.00 bits per heavy atom. The van der Waals surface area contributed by atoms with Crippen LogP contribution in [-0.2, 0) is 0 Å². The number of rotatable bonds is 4. The molecule has 1 aromatic carbocycles. The Hall–Kier alpha value is -1.36. The first-order valence-corrected chi connectivity index (χ1v) is 8.52. The third-order valence-electron chi connectivity index (χ3n) is 3.18. The molecule has 0 aliphatic heterocycles. The lowest BCUT2D eigenvalue weighted by molar-refractivity contribution is 0.618. The van der Waals surface area contributed by atoms with E-state index in [1.165, 1.54) is 10.9 Å². The maximum absolute atomic E-state index is 13.4. The van der Waals surface area contributed by atoms with Crippen molar-refractivity contribution in [2.75, 3.05) is 5.32 Å². The summed E-state index contributed by atoms with van der Waals surface area (Å²) in [5.74, 6) is -0.188. The van der Waals surface area contributed by atoms with Crippen molar-refractivity contribution in [3.63, 3.8) is 0 Å². The number of nitrogens with one attached hydrogen (secondary N) is 1. The molecule has 3 rings (SSSR count). The van der Waals surface area contributed by atoms with Gasteiger partial charge in [0.25, 0.3) is 0 Å². The van der Waals surface area contributed by atoms with Crippen LogP contribution in [0.25, 0.3) is 0 Å². The van der Waals surface area contributed by atoms with Crippen molar-refractivity contribution in [2.24, 2.45) is 0 Å². The van der Waals surface area contributed by atoms with Crippen molar-refractivity contribution in [1.82, 2.24) is 0 Å². The zero-order valence-corrected chi connectivity index (χ0v) is 13.7. The van der Waals surface area contributed by atoms with Crippen LogP contribution in [0, 0.1) is 12.7 Å². The number of thiophene rings is 2. The Bertz CT molecular complexity index is 737. The first-order valence-electron chi connectivity index (χ1n) is 6.45. The van der Waals surface area contributed by atoms with Crippen molar-refractivity contribution in [2.45, 2.75) is 13.0 Å². The molecule has 21 heavy (non-hydrogen) atoms. The first-order chi connectivity index (χ1) is 10.1. The summed E-state index contributed by atoms with van der Waals surface area (Å²) in [7, 11) is 0. The van der Waals surface area contributed by atoms with E-state index < -0.39 is 0 Å². The maximum Gasteiger partial charge on any atom is 0.126 e. The summed E-state index contributed by atoms with van der Waals surface area (Å²) < 4.78 is 14.2. The van der Waals surface area contributed by atoms with Gasteiger partial charge < -0.3 is 5.32 Å². The SMILES string of the molecule is Cc1cc(NC(c2cccs2)c2ccc(Cl)s2)ccc1F. The molecule has 3 aromatic rings. The Morgan fingerprint density at radius 1 is 1.14 bits per heavy atom. The van der Waals surface area contributed by atoms with Gasteiger partial charge in [-0.05, 0) is 54.3 Å². The smallest absolute Gasteiger partial charge is 0.126 e. The summed E-state index contributed by atoms with van der Waals surface area (Å²) in [5.41, 5.74) is 1.53. The molecule has 0 saturated carbocycles. The molecule has 1 atom stereocenters. The van der Waals surface area contributed by atoms with Gasteiger partial charge in [-0.1, -0.05) is 17.7 Å². The summed E-state index contributed by atoms with van der Waals surface area (Å²) in [4.78, 5) is 2.35. The highest BCUT2D eigenvalue weighted by atomic mass is 35.5. The highest BCUT2D eigenvalue weighted by Crippen LogP contribution is 2.35. The Balaban J connectivity index is 1.94. The van der Waals surface area contributed by atoms with Gasteiger partial charge in [-0.25, -0.2) is 4.39 Å². The van der Waals surface area contributed by atoms with Crippen LogP contribution in [0.15, 0.2) is 47.8 Å². The zero-order valence-electron chi connectivity index (χ0n) is 11.3. The van der Waals surface area contributed by atoms with Crippen molar-refractivity contribution >= 4 is 40.0 Å². The largest absolute Gasteiger partial charge is 0.373 e. The van der Waals surface area contributed by atoms with E-state index in [0.717, 1.165) is 14.9 Å². The molecule has 0 spiro atoms. The second-order valence-corrected chi connectivity index (χ2v) is 7.42. The van der Waals surface area contributed by atoms with Gasteiger partial charge in [0.15, 0.2) is 0 Å². The van der Waals surface area contributed by atoms with Crippen molar-refractivity contribution in [3.05, 3.63) is 73.3 Å². The van der Waals surface area contributed by atoms with Crippen molar-refractivity contribution in [1.29, 1.82) is 0 Å². The fourth-order valence-corrected chi connectivity index (χ4v) is 4.12. The Kier molecular flexibility index (Phi) is 4.29. The van der Waals surface area contributed by atoms with Gasteiger partial charge in [-0.2, -0.15) is 0 Å². The van der Waals surface area contributed by atoms with E-state index in [0.29, 0.717) is 5.56 Å². The quantitative estimate of drug-likeness (QED) is 0.605. The van der Waals surface area contributed by atoms with Gasteiger partial charge in [-0.3, -0.25) is 0 Å². The highest BCUT2D eigenvalue weighted by Gasteiger charge is 2.17. The predicted octanol–water partition coefficient (Wildman–Crippen LogP) is 6.11. The van der Waals surface area contributed by atoms with E-state index in [4.69, 9.17) is 11.6 Å². The number of hydrogen-bond acceptors (Lipinski definition) is 3. The molecule has 1 unspecified atom stereocenters. The van der Waals surface area contributed by atoms with Crippen LogP contribution in [0.2, 0.25) is 4.34 Å². The highest BCUT2D eigenvalue weighted by molar-refractivity contribution is 7.16. The lowest BCUT2D eigenvalue weighted by Gasteiger charge is -2.18. The molecule has 2 heterocycles. The van der Waals surface area contributed by atoms with E-state index >= 15 is 0 Å². The average molecular weight is 338 g/mol. The van der Waals surface area contributed by atoms with Gasteiger partial charge >= 0.3 is 0 Å².